The van der Waals surface area contributed by atoms with Gasteiger partial charge in [-0.25, -0.2) is 0 Å². The number of pyridine rings is 1. The van der Waals surface area contributed by atoms with Crippen LogP contribution in [0.3, 0.4) is 0 Å². The molecule has 90 valence electrons. The zero-order chi connectivity index (χ0) is 10.7. The molecule has 0 spiro atoms. The first-order valence-electron chi connectivity index (χ1n) is 5.05. The highest BCUT2D eigenvalue weighted by Gasteiger charge is 2.23. The van der Waals surface area contributed by atoms with Gasteiger partial charge < -0.3 is 9.47 Å². The van der Waals surface area contributed by atoms with Gasteiger partial charge in [0, 0.05) is 12.3 Å². The van der Waals surface area contributed by atoms with Crippen LogP contribution in [-0.2, 0) is 5.88 Å². The maximum atomic E-state index is 5.76. The van der Waals surface area contributed by atoms with Crippen LogP contribution in [0.5, 0.6) is 11.5 Å². The summed E-state index contributed by atoms with van der Waals surface area (Å²) < 4.78 is 10.9. The second-order valence-corrected chi connectivity index (χ2v) is 3.94. The van der Waals surface area contributed by atoms with E-state index in [1.54, 1.807) is 13.3 Å². The number of ether oxygens (including phenoxy) is 2. The molecule has 1 heterocycles. The van der Waals surface area contributed by atoms with E-state index in [0.717, 1.165) is 24.0 Å². The Morgan fingerprint density at radius 1 is 1.50 bits per heavy atom. The monoisotopic (exact) mass is 263 g/mol. The van der Waals surface area contributed by atoms with E-state index in [4.69, 9.17) is 21.1 Å². The van der Waals surface area contributed by atoms with Crippen LogP contribution < -0.4 is 9.47 Å². The molecular weight excluding hydrogens is 249 g/mol. The van der Waals surface area contributed by atoms with Crippen LogP contribution in [0.4, 0.5) is 0 Å². The Balaban J connectivity index is 0.00000128. The second-order valence-electron chi connectivity index (χ2n) is 3.68. The highest BCUT2D eigenvalue weighted by molar-refractivity contribution is 6.17. The van der Waals surface area contributed by atoms with Crippen LogP contribution in [0.1, 0.15) is 18.5 Å². The van der Waals surface area contributed by atoms with Gasteiger partial charge >= 0.3 is 0 Å². The fourth-order valence-corrected chi connectivity index (χ4v) is 1.58. The summed E-state index contributed by atoms with van der Waals surface area (Å²) in [5.41, 5.74) is 0.729. The number of hydrogen-bond acceptors (Lipinski definition) is 3. The predicted octanol–water partition coefficient (Wildman–Crippen LogP) is 3.04. The third kappa shape index (κ3) is 3.16. The van der Waals surface area contributed by atoms with Crippen LogP contribution in [0, 0.1) is 5.92 Å². The Bertz CT molecular complexity index is 343. The molecule has 3 nitrogen and oxygen atoms in total. The second kappa shape index (κ2) is 6.16. The normalized spacial score (nSPS) is 14.1. The summed E-state index contributed by atoms with van der Waals surface area (Å²) in [7, 11) is 1.61. The molecule has 1 aromatic heterocycles. The van der Waals surface area contributed by atoms with E-state index in [1.807, 2.05) is 6.07 Å². The molecule has 0 saturated heterocycles. The van der Waals surface area contributed by atoms with Crippen molar-refractivity contribution in [3.63, 3.8) is 0 Å². The Kier molecular flexibility index (Phi) is 5.16. The number of alkyl halides is 1. The molecule has 0 aromatic carbocycles. The number of halogens is 2. The molecular formula is C11H15Cl2NO2. The van der Waals surface area contributed by atoms with Gasteiger partial charge in [0.15, 0.2) is 11.5 Å². The van der Waals surface area contributed by atoms with Crippen molar-refractivity contribution in [2.75, 3.05) is 13.7 Å². The molecule has 0 radical (unpaired) electrons. The summed E-state index contributed by atoms with van der Waals surface area (Å²) >= 11 is 5.76. The van der Waals surface area contributed by atoms with Crippen molar-refractivity contribution in [2.45, 2.75) is 18.7 Å². The summed E-state index contributed by atoms with van der Waals surface area (Å²) in [6.45, 7) is 0.766. The summed E-state index contributed by atoms with van der Waals surface area (Å²) in [5, 5.41) is 0. The Morgan fingerprint density at radius 2 is 2.25 bits per heavy atom. The van der Waals surface area contributed by atoms with Crippen molar-refractivity contribution < 1.29 is 9.47 Å². The van der Waals surface area contributed by atoms with E-state index in [2.05, 4.69) is 4.98 Å². The van der Waals surface area contributed by atoms with Gasteiger partial charge in [-0.05, 0) is 18.8 Å². The van der Waals surface area contributed by atoms with Crippen LogP contribution in [-0.4, -0.2) is 18.7 Å². The molecule has 0 atom stereocenters. The third-order valence-electron chi connectivity index (χ3n) is 2.44. The topological polar surface area (TPSA) is 31.4 Å². The number of aromatic nitrogens is 1. The highest BCUT2D eigenvalue weighted by Crippen LogP contribution is 2.34. The van der Waals surface area contributed by atoms with Crippen LogP contribution in [0.25, 0.3) is 0 Å². The van der Waals surface area contributed by atoms with E-state index < -0.39 is 0 Å². The minimum atomic E-state index is 0. The SMILES string of the molecule is COc1c(OCC2CC2)ccnc1CCl.Cl. The standard InChI is InChI=1S/C11H14ClNO2.ClH/c1-14-11-9(6-12)13-5-4-10(11)15-7-8-2-3-8;/h4-5,8H,2-3,6-7H2,1H3;1H. The van der Waals surface area contributed by atoms with E-state index in [9.17, 15) is 0 Å². The first-order chi connectivity index (χ1) is 7.35. The van der Waals surface area contributed by atoms with Gasteiger partial charge in [0.05, 0.1) is 19.6 Å². The molecule has 1 aromatic rings. The van der Waals surface area contributed by atoms with Crippen LogP contribution >= 0.6 is 24.0 Å². The van der Waals surface area contributed by atoms with Crippen molar-refractivity contribution in [1.29, 1.82) is 0 Å². The van der Waals surface area contributed by atoms with Gasteiger partial charge in [-0.3, -0.25) is 4.98 Å². The maximum Gasteiger partial charge on any atom is 0.183 e. The van der Waals surface area contributed by atoms with E-state index >= 15 is 0 Å². The quantitative estimate of drug-likeness (QED) is 0.766. The van der Waals surface area contributed by atoms with Gasteiger partial charge in [0.25, 0.3) is 0 Å². The third-order valence-corrected chi connectivity index (χ3v) is 2.70. The summed E-state index contributed by atoms with van der Waals surface area (Å²) in [5.74, 6) is 2.47. The molecule has 2 rings (SSSR count). The van der Waals surface area contributed by atoms with Crippen molar-refractivity contribution in [3.05, 3.63) is 18.0 Å². The van der Waals surface area contributed by atoms with E-state index in [0.29, 0.717) is 11.6 Å². The lowest BCUT2D eigenvalue weighted by Gasteiger charge is -2.11. The average Bonchev–Trinajstić information content (AvgIpc) is 3.09. The molecule has 5 heteroatoms. The highest BCUT2D eigenvalue weighted by atomic mass is 35.5. The first kappa shape index (κ1) is 13.4. The molecule has 1 aliphatic carbocycles. The molecule has 1 fully saturated rings. The van der Waals surface area contributed by atoms with E-state index in [1.165, 1.54) is 12.8 Å². The van der Waals surface area contributed by atoms with Crippen LogP contribution in [0.2, 0.25) is 0 Å². The van der Waals surface area contributed by atoms with Crippen LogP contribution in [0.15, 0.2) is 12.3 Å². The molecule has 0 unspecified atom stereocenters. The average molecular weight is 264 g/mol. The largest absolute Gasteiger partial charge is 0.491 e. The Morgan fingerprint density at radius 3 is 2.81 bits per heavy atom. The van der Waals surface area contributed by atoms with Crippen molar-refractivity contribution in [2.24, 2.45) is 5.92 Å². The Hall–Kier alpha value is -0.670. The number of nitrogens with zero attached hydrogens (tertiary/aromatic N) is 1. The summed E-state index contributed by atoms with van der Waals surface area (Å²) in [6, 6.07) is 1.82. The molecule has 0 N–H and O–H groups in total. The molecule has 1 aliphatic rings. The smallest absolute Gasteiger partial charge is 0.183 e. The summed E-state index contributed by atoms with van der Waals surface area (Å²) in [4.78, 5) is 4.13. The minimum Gasteiger partial charge on any atom is -0.491 e. The lowest BCUT2D eigenvalue weighted by molar-refractivity contribution is 0.278. The molecule has 0 aliphatic heterocycles. The van der Waals surface area contributed by atoms with Gasteiger partial charge in [-0.15, -0.1) is 24.0 Å². The number of methoxy groups -OCH3 is 1. The first-order valence-corrected chi connectivity index (χ1v) is 5.59. The van der Waals surface area contributed by atoms with Gasteiger partial charge in [-0.1, -0.05) is 0 Å². The summed E-state index contributed by atoms with van der Waals surface area (Å²) in [6.07, 6.45) is 4.24. The van der Waals surface area contributed by atoms with Gasteiger partial charge in [0.2, 0.25) is 0 Å². The lowest BCUT2D eigenvalue weighted by atomic mass is 10.3. The fraction of sp³-hybridized carbons (Fsp3) is 0.545. The minimum absolute atomic E-state index is 0. The molecule has 16 heavy (non-hydrogen) atoms. The molecule has 0 bridgehead atoms. The van der Waals surface area contributed by atoms with Crippen molar-refractivity contribution in [3.8, 4) is 11.5 Å². The van der Waals surface area contributed by atoms with Crippen molar-refractivity contribution >= 4 is 24.0 Å². The Labute approximate surface area is 107 Å². The van der Waals surface area contributed by atoms with E-state index in [-0.39, 0.29) is 12.4 Å². The zero-order valence-corrected chi connectivity index (χ0v) is 10.7. The molecule has 0 amide bonds. The van der Waals surface area contributed by atoms with Gasteiger partial charge in [-0.2, -0.15) is 0 Å². The number of rotatable bonds is 5. The number of hydrogen-bond donors (Lipinski definition) is 0. The molecule has 1 saturated carbocycles. The fourth-order valence-electron chi connectivity index (χ4n) is 1.39. The maximum absolute atomic E-state index is 5.76. The predicted molar refractivity (Wildman–Crippen MR) is 65.8 cm³/mol. The lowest BCUT2D eigenvalue weighted by Crippen LogP contribution is -2.03. The van der Waals surface area contributed by atoms with Crippen molar-refractivity contribution in [1.82, 2.24) is 4.98 Å². The zero-order valence-electron chi connectivity index (χ0n) is 9.11. The van der Waals surface area contributed by atoms with Gasteiger partial charge in [0.1, 0.15) is 5.69 Å².